The van der Waals surface area contributed by atoms with Crippen molar-refractivity contribution in [1.29, 1.82) is 0 Å². The number of carboxylic acids is 1. The number of rotatable bonds is 4. The maximum absolute atomic E-state index is 11.5. The zero-order valence-corrected chi connectivity index (χ0v) is 10.4. The number of carbonyl (C=O) groups excluding carboxylic acids is 1. The Kier molecular flexibility index (Phi) is 4.48. The predicted molar refractivity (Wildman–Crippen MR) is 70.0 cm³/mol. The van der Waals surface area contributed by atoms with Crippen LogP contribution < -0.4 is 10.6 Å². The molecular formula is C13H16N2O3. The third-order valence-electron chi connectivity index (χ3n) is 2.28. The Balaban J connectivity index is 2.77. The first-order valence-corrected chi connectivity index (χ1v) is 5.43. The van der Waals surface area contributed by atoms with E-state index in [0.29, 0.717) is 12.2 Å². The third-order valence-corrected chi connectivity index (χ3v) is 2.28. The number of carboxylic acid groups (broad SMARTS) is 1. The molecule has 0 saturated heterocycles. The smallest absolute Gasteiger partial charge is 0.335 e. The summed E-state index contributed by atoms with van der Waals surface area (Å²) in [6, 6.07) is 4.19. The van der Waals surface area contributed by atoms with Gasteiger partial charge in [0.15, 0.2) is 0 Å². The number of carbonyl (C=O) groups is 2. The van der Waals surface area contributed by atoms with Gasteiger partial charge in [-0.05, 0) is 31.5 Å². The van der Waals surface area contributed by atoms with Gasteiger partial charge >= 0.3 is 12.0 Å². The van der Waals surface area contributed by atoms with E-state index in [-0.39, 0.29) is 11.6 Å². The highest BCUT2D eigenvalue weighted by molar-refractivity contribution is 5.94. The maximum Gasteiger partial charge on any atom is 0.335 e. The molecule has 96 valence electrons. The zero-order valence-electron chi connectivity index (χ0n) is 10.4. The maximum atomic E-state index is 11.5. The van der Waals surface area contributed by atoms with Crippen molar-refractivity contribution in [2.24, 2.45) is 0 Å². The molecule has 1 aromatic rings. The first-order chi connectivity index (χ1) is 8.40. The molecule has 3 N–H and O–H groups in total. The molecule has 0 radical (unpaired) electrons. The molecule has 0 aliphatic heterocycles. The summed E-state index contributed by atoms with van der Waals surface area (Å²) in [5.74, 6) is -1.03. The molecule has 1 rings (SSSR count). The first-order valence-electron chi connectivity index (χ1n) is 5.43. The number of aromatic carboxylic acids is 1. The summed E-state index contributed by atoms with van der Waals surface area (Å²) in [7, 11) is 0. The van der Waals surface area contributed by atoms with E-state index in [9.17, 15) is 9.59 Å². The summed E-state index contributed by atoms with van der Waals surface area (Å²) in [4.78, 5) is 22.4. The highest BCUT2D eigenvalue weighted by Gasteiger charge is 2.08. The van der Waals surface area contributed by atoms with Crippen molar-refractivity contribution in [3.63, 3.8) is 0 Å². The van der Waals surface area contributed by atoms with Gasteiger partial charge < -0.3 is 15.7 Å². The number of anilines is 1. The number of aryl methyl sites for hydroxylation is 1. The SMILES string of the molecule is C=C(C)CNC(=O)Nc1cc(C(=O)O)ccc1C. The molecule has 5 heteroatoms. The monoisotopic (exact) mass is 248 g/mol. The summed E-state index contributed by atoms with van der Waals surface area (Å²) in [5, 5.41) is 14.1. The molecule has 18 heavy (non-hydrogen) atoms. The van der Waals surface area contributed by atoms with Crippen molar-refractivity contribution in [2.75, 3.05) is 11.9 Å². The summed E-state index contributed by atoms with van der Waals surface area (Å²) in [6.45, 7) is 7.64. The minimum atomic E-state index is -1.03. The van der Waals surface area contributed by atoms with Gasteiger partial charge in [0.2, 0.25) is 0 Å². The zero-order chi connectivity index (χ0) is 13.7. The lowest BCUT2D eigenvalue weighted by atomic mass is 10.1. The number of nitrogens with one attached hydrogen (secondary N) is 2. The van der Waals surface area contributed by atoms with Crippen LogP contribution in [0.2, 0.25) is 0 Å². The van der Waals surface area contributed by atoms with Gasteiger partial charge in [0.05, 0.1) is 5.56 Å². The van der Waals surface area contributed by atoms with E-state index in [4.69, 9.17) is 5.11 Å². The van der Waals surface area contributed by atoms with Crippen molar-refractivity contribution in [3.8, 4) is 0 Å². The second-order valence-electron chi connectivity index (χ2n) is 4.10. The van der Waals surface area contributed by atoms with Gasteiger partial charge in [0.1, 0.15) is 0 Å². The van der Waals surface area contributed by atoms with E-state index < -0.39 is 5.97 Å². The highest BCUT2D eigenvalue weighted by atomic mass is 16.4. The molecule has 0 saturated carbocycles. The van der Waals surface area contributed by atoms with Crippen LogP contribution in [0.25, 0.3) is 0 Å². The number of amides is 2. The van der Waals surface area contributed by atoms with Crippen LogP contribution in [0.15, 0.2) is 30.4 Å². The third kappa shape index (κ3) is 3.93. The second kappa shape index (κ2) is 5.86. The quantitative estimate of drug-likeness (QED) is 0.716. The standard InChI is InChI=1S/C13H16N2O3/c1-8(2)7-14-13(18)15-11-6-10(12(16)17)5-4-9(11)3/h4-6H,1,7H2,2-3H3,(H,16,17)(H2,14,15,18). The summed E-state index contributed by atoms with van der Waals surface area (Å²) < 4.78 is 0. The average molecular weight is 248 g/mol. The van der Waals surface area contributed by atoms with Crippen LogP contribution in [0.1, 0.15) is 22.8 Å². The Morgan fingerprint density at radius 1 is 1.39 bits per heavy atom. The van der Waals surface area contributed by atoms with Crippen molar-refractivity contribution in [1.82, 2.24) is 5.32 Å². The van der Waals surface area contributed by atoms with Crippen LogP contribution in [0.5, 0.6) is 0 Å². The Labute approximate surface area is 106 Å². The molecule has 0 aliphatic carbocycles. The highest BCUT2D eigenvalue weighted by Crippen LogP contribution is 2.16. The van der Waals surface area contributed by atoms with Gasteiger partial charge in [0.25, 0.3) is 0 Å². The van der Waals surface area contributed by atoms with Crippen molar-refractivity contribution in [3.05, 3.63) is 41.5 Å². The molecular weight excluding hydrogens is 232 g/mol. The van der Waals surface area contributed by atoms with Gasteiger partial charge in [-0.3, -0.25) is 0 Å². The topological polar surface area (TPSA) is 78.4 Å². The lowest BCUT2D eigenvalue weighted by molar-refractivity contribution is 0.0697. The molecule has 0 spiro atoms. The number of benzene rings is 1. The summed E-state index contributed by atoms with van der Waals surface area (Å²) >= 11 is 0. The van der Waals surface area contributed by atoms with E-state index in [2.05, 4.69) is 17.2 Å². The second-order valence-corrected chi connectivity index (χ2v) is 4.10. The van der Waals surface area contributed by atoms with Crippen LogP contribution >= 0.6 is 0 Å². The molecule has 0 aliphatic rings. The first kappa shape index (κ1) is 13.8. The van der Waals surface area contributed by atoms with Crippen LogP contribution in [-0.2, 0) is 0 Å². The molecule has 2 amide bonds. The van der Waals surface area contributed by atoms with Crippen LogP contribution in [-0.4, -0.2) is 23.7 Å². The molecule has 0 atom stereocenters. The lowest BCUT2D eigenvalue weighted by Gasteiger charge is -2.10. The fourth-order valence-electron chi connectivity index (χ4n) is 1.29. The van der Waals surface area contributed by atoms with Crippen molar-refractivity contribution in [2.45, 2.75) is 13.8 Å². The van der Waals surface area contributed by atoms with E-state index >= 15 is 0 Å². The number of hydrogen-bond donors (Lipinski definition) is 3. The number of urea groups is 1. The molecule has 5 nitrogen and oxygen atoms in total. The lowest BCUT2D eigenvalue weighted by Crippen LogP contribution is -2.30. The average Bonchev–Trinajstić information content (AvgIpc) is 2.29. The Hall–Kier alpha value is -2.30. The summed E-state index contributed by atoms with van der Waals surface area (Å²) in [5.41, 5.74) is 2.25. The molecule has 0 bridgehead atoms. The normalized spacial score (nSPS) is 9.67. The van der Waals surface area contributed by atoms with Gasteiger partial charge in [-0.2, -0.15) is 0 Å². The van der Waals surface area contributed by atoms with Crippen LogP contribution in [0, 0.1) is 6.92 Å². The number of hydrogen-bond acceptors (Lipinski definition) is 2. The summed E-state index contributed by atoms with van der Waals surface area (Å²) in [6.07, 6.45) is 0. The molecule has 0 aromatic heterocycles. The fraction of sp³-hybridized carbons (Fsp3) is 0.231. The predicted octanol–water partition coefficient (Wildman–Crippen LogP) is 2.39. The van der Waals surface area contributed by atoms with Gasteiger partial charge in [-0.15, -0.1) is 0 Å². The minimum Gasteiger partial charge on any atom is -0.478 e. The largest absolute Gasteiger partial charge is 0.478 e. The molecule has 1 aromatic carbocycles. The van der Waals surface area contributed by atoms with Crippen molar-refractivity contribution >= 4 is 17.7 Å². The molecule has 0 heterocycles. The Morgan fingerprint density at radius 2 is 2.06 bits per heavy atom. The Bertz CT molecular complexity index is 495. The van der Waals surface area contributed by atoms with Crippen LogP contribution in [0.3, 0.4) is 0 Å². The van der Waals surface area contributed by atoms with E-state index in [1.165, 1.54) is 12.1 Å². The van der Waals surface area contributed by atoms with Gasteiger partial charge in [-0.1, -0.05) is 18.2 Å². The van der Waals surface area contributed by atoms with E-state index in [0.717, 1.165) is 11.1 Å². The van der Waals surface area contributed by atoms with E-state index in [1.807, 2.05) is 0 Å². The van der Waals surface area contributed by atoms with Crippen molar-refractivity contribution < 1.29 is 14.7 Å². The minimum absolute atomic E-state index is 0.135. The van der Waals surface area contributed by atoms with Gasteiger partial charge in [0, 0.05) is 12.2 Å². The Morgan fingerprint density at radius 3 is 2.61 bits per heavy atom. The van der Waals surface area contributed by atoms with Gasteiger partial charge in [-0.25, -0.2) is 9.59 Å². The van der Waals surface area contributed by atoms with E-state index in [1.54, 1.807) is 19.9 Å². The molecule has 0 fully saturated rings. The molecule has 0 unspecified atom stereocenters. The van der Waals surface area contributed by atoms with Crippen LogP contribution in [0.4, 0.5) is 10.5 Å². The fourth-order valence-corrected chi connectivity index (χ4v) is 1.29.